The smallest absolute Gasteiger partial charge is 0.270 e. The van der Waals surface area contributed by atoms with Crippen LogP contribution in [-0.4, -0.2) is 55.7 Å². The Kier molecular flexibility index (Phi) is 3.10. The average molecular weight is 325 g/mol. The molecule has 2 aromatic heterocycles. The van der Waals surface area contributed by atoms with Gasteiger partial charge in [0, 0.05) is 51.2 Å². The predicted octanol–water partition coefficient (Wildman–Crippen LogP) is 1.51. The molecule has 1 amide bonds. The average Bonchev–Trinajstić information content (AvgIpc) is 2.96. The Labute approximate surface area is 141 Å². The Morgan fingerprint density at radius 3 is 2.83 bits per heavy atom. The molecule has 0 bridgehead atoms. The monoisotopic (exact) mass is 325 g/mol. The van der Waals surface area contributed by atoms with Crippen molar-refractivity contribution in [2.45, 2.75) is 31.5 Å². The van der Waals surface area contributed by atoms with E-state index < -0.39 is 0 Å². The van der Waals surface area contributed by atoms with Gasteiger partial charge in [0.05, 0.1) is 18.3 Å². The van der Waals surface area contributed by atoms with E-state index in [0.29, 0.717) is 12.1 Å². The molecule has 1 aliphatic carbocycles. The molecule has 6 nitrogen and oxygen atoms in total. The summed E-state index contributed by atoms with van der Waals surface area (Å²) in [5, 5.41) is 4.27. The topological polar surface area (TPSA) is 46.3 Å². The van der Waals surface area contributed by atoms with Crippen molar-refractivity contribution in [1.29, 1.82) is 0 Å². The molecule has 5 rings (SSSR count). The summed E-state index contributed by atoms with van der Waals surface area (Å²) in [6.07, 6.45) is 8.66. The van der Waals surface area contributed by atoms with Gasteiger partial charge in [-0.1, -0.05) is 0 Å². The van der Waals surface area contributed by atoms with Crippen molar-refractivity contribution in [2.24, 2.45) is 13.0 Å². The first-order valence-electron chi connectivity index (χ1n) is 8.87. The highest BCUT2D eigenvalue weighted by Crippen LogP contribution is 2.38. The minimum Gasteiger partial charge on any atom is -0.337 e. The fourth-order valence-electron chi connectivity index (χ4n) is 4.33. The second-order valence-corrected chi connectivity index (χ2v) is 7.55. The first-order valence-corrected chi connectivity index (χ1v) is 8.87. The van der Waals surface area contributed by atoms with E-state index in [0.717, 1.165) is 37.8 Å². The van der Waals surface area contributed by atoms with E-state index in [-0.39, 0.29) is 5.91 Å². The van der Waals surface area contributed by atoms with Crippen molar-refractivity contribution in [3.05, 3.63) is 42.0 Å². The molecule has 2 fully saturated rings. The normalized spacial score (nSPS) is 26.7. The van der Waals surface area contributed by atoms with Gasteiger partial charge in [-0.15, -0.1) is 0 Å². The number of likely N-dealkylation sites (tertiary alicyclic amines) is 1. The summed E-state index contributed by atoms with van der Waals surface area (Å²) < 4.78 is 4.06. The molecule has 3 aliphatic rings. The van der Waals surface area contributed by atoms with Crippen LogP contribution in [0.4, 0.5) is 0 Å². The molecule has 24 heavy (non-hydrogen) atoms. The molecule has 0 N–H and O–H groups in total. The van der Waals surface area contributed by atoms with Gasteiger partial charge >= 0.3 is 0 Å². The van der Waals surface area contributed by atoms with Crippen LogP contribution >= 0.6 is 0 Å². The lowest BCUT2D eigenvalue weighted by atomic mass is 10.1. The molecule has 0 radical (unpaired) electrons. The Balaban J connectivity index is 1.42. The predicted molar refractivity (Wildman–Crippen MR) is 89.5 cm³/mol. The summed E-state index contributed by atoms with van der Waals surface area (Å²) >= 11 is 0. The molecule has 1 saturated heterocycles. The molecule has 2 aromatic rings. The Hall–Kier alpha value is -2.08. The number of amides is 1. The first-order chi connectivity index (χ1) is 11.7. The van der Waals surface area contributed by atoms with Crippen LogP contribution in [0.25, 0.3) is 0 Å². The van der Waals surface area contributed by atoms with E-state index >= 15 is 0 Å². The van der Waals surface area contributed by atoms with Crippen molar-refractivity contribution in [3.63, 3.8) is 0 Å². The van der Waals surface area contributed by atoms with Crippen molar-refractivity contribution >= 4 is 5.91 Å². The Morgan fingerprint density at radius 2 is 2.08 bits per heavy atom. The maximum absolute atomic E-state index is 12.9. The molecule has 2 atom stereocenters. The van der Waals surface area contributed by atoms with Gasteiger partial charge in [0.1, 0.15) is 5.69 Å². The number of carbonyl (C=O) groups is 1. The van der Waals surface area contributed by atoms with E-state index in [1.165, 1.54) is 18.4 Å². The second kappa shape index (κ2) is 5.21. The maximum Gasteiger partial charge on any atom is 0.270 e. The first kappa shape index (κ1) is 14.3. The van der Waals surface area contributed by atoms with Crippen molar-refractivity contribution < 1.29 is 4.79 Å². The van der Waals surface area contributed by atoms with Crippen LogP contribution in [0.5, 0.6) is 0 Å². The molecular weight excluding hydrogens is 302 g/mol. The van der Waals surface area contributed by atoms with Crippen molar-refractivity contribution in [3.8, 4) is 0 Å². The molecule has 6 heteroatoms. The van der Waals surface area contributed by atoms with Gasteiger partial charge in [0.15, 0.2) is 0 Å². The lowest BCUT2D eigenvalue weighted by molar-refractivity contribution is 0.0565. The number of fused-ring (bicyclic) bond motifs is 3. The number of hydrogen-bond donors (Lipinski definition) is 0. The standard InChI is InChI=1S/C18H23N5O/c1-20-8-14(7-19-20)9-21-11-16-17(12-21)23(10-13-4-5-13)18(24)15-3-2-6-22(15)16/h2-3,6-8,13,16-17H,4-5,9-12H2,1H3/t16-,17+/m0/s1. The second-order valence-electron chi connectivity index (χ2n) is 7.55. The van der Waals surface area contributed by atoms with E-state index in [4.69, 9.17) is 0 Å². The third-order valence-electron chi connectivity index (χ3n) is 5.67. The van der Waals surface area contributed by atoms with Gasteiger partial charge in [-0.25, -0.2) is 0 Å². The minimum atomic E-state index is 0.219. The van der Waals surface area contributed by atoms with Gasteiger partial charge in [-0.2, -0.15) is 5.10 Å². The lowest BCUT2D eigenvalue weighted by Gasteiger charge is -2.38. The Morgan fingerprint density at radius 1 is 1.25 bits per heavy atom. The third kappa shape index (κ3) is 2.28. The van der Waals surface area contributed by atoms with E-state index in [9.17, 15) is 4.79 Å². The highest BCUT2D eigenvalue weighted by molar-refractivity contribution is 5.94. The molecule has 1 saturated carbocycles. The maximum atomic E-state index is 12.9. The number of hydrogen-bond acceptors (Lipinski definition) is 3. The fraction of sp³-hybridized carbons (Fsp3) is 0.556. The summed E-state index contributed by atoms with van der Waals surface area (Å²) in [6, 6.07) is 4.66. The van der Waals surface area contributed by atoms with Crippen LogP contribution < -0.4 is 0 Å². The number of aromatic nitrogens is 3. The van der Waals surface area contributed by atoms with Crippen LogP contribution in [0.2, 0.25) is 0 Å². The zero-order valence-corrected chi connectivity index (χ0v) is 14.0. The summed E-state index contributed by atoms with van der Waals surface area (Å²) in [7, 11) is 1.95. The van der Waals surface area contributed by atoms with E-state index in [2.05, 4.69) is 31.9 Å². The Bertz CT molecular complexity index is 774. The van der Waals surface area contributed by atoms with Gasteiger partial charge in [0.25, 0.3) is 5.91 Å². The largest absolute Gasteiger partial charge is 0.337 e. The highest BCUT2D eigenvalue weighted by Gasteiger charge is 2.46. The van der Waals surface area contributed by atoms with Crippen molar-refractivity contribution in [2.75, 3.05) is 19.6 Å². The van der Waals surface area contributed by atoms with Crippen LogP contribution in [0.15, 0.2) is 30.7 Å². The molecule has 0 spiro atoms. The molecule has 4 heterocycles. The summed E-state index contributed by atoms with van der Waals surface area (Å²) in [4.78, 5) is 17.6. The van der Waals surface area contributed by atoms with E-state index in [1.807, 2.05) is 30.1 Å². The van der Waals surface area contributed by atoms with Gasteiger partial charge < -0.3 is 9.47 Å². The fourth-order valence-corrected chi connectivity index (χ4v) is 4.33. The number of carbonyl (C=O) groups excluding carboxylic acids is 1. The summed E-state index contributed by atoms with van der Waals surface area (Å²) in [5.41, 5.74) is 2.10. The third-order valence-corrected chi connectivity index (χ3v) is 5.67. The van der Waals surface area contributed by atoms with Gasteiger partial charge in [-0.05, 0) is 30.9 Å². The lowest BCUT2D eigenvalue weighted by Crippen LogP contribution is -2.51. The quantitative estimate of drug-likeness (QED) is 0.856. The van der Waals surface area contributed by atoms with E-state index in [1.54, 1.807) is 0 Å². The van der Waals surface area contributed by atoms with Crippen molar-refractivity contribution in [1.82, 2.24) is 24.1 Å². The van der Waals surface area contributed by atoms with Crippen LogP contribution in [-0.2, 0) is 13.6 Å². The van der Waals surface area contributed by atoms with Gasteiger partial charge in [-0.3, -0.25) is 14.4 Å². The SMILES string of the molecule is Cn1cc(CN2C[C@@H]3[C@H](C2)n2cccc2C(=O)N3CC2CC2)cn1. The van der Waals surface area contributed by atoms with Gasteiger partial charge in [0.2, 0.25) is 0 Å². The number of nitrogens with zero attached hydrogens (tertiary/aromatic N) is 5. The molecule has 0 unspecified atom stereocenters. The number of aryl methyl sites for hydroxylation is 1. The summed E-state index contributed by atoms with van der Waals surface area (Å²) in [5.74, 6) is 0.944. The van der Waals surface area contributed by atoms with Crippen LogP contribution in [0, 0.1) is 5.92 Å². The molecule has 126 valence electrons. The molecular formula is C18H23N5O. The highest BCUT2D eigenvalue weighted by atomic mass is 16.2. The van der Waals surface area contributed by atoms with Crippen LogP contribution in [0.3, 0.4) is 0 Å². The zero-order chi connectivity index (χ0) is 16.3. The summed E-state index contributed by atoms with van der Waals surface area (Å²) in [6.45, 7) is 3.79. The zero-order valence-electron chi connectivity index (χ0n) is 14.0. The number of rotatable bonds is 4. The minimum absolute atomic E-state index is 0.219. The van der Waals surface area contributed by atoms with Crippen LogP contribution in [0.1, 0.15) is 34.9 Å². The molecule has 2 aliphatic heterocycles. The molecule has 0 aromatic carbocycles.